The Morgan fingerprint density at radius 3 is 2.86 bits per heavy atom. The van der Waals surface area contributed by atoms with Crippen LogP contribution in [0.5, 0.6) is 11.6 Å². The first-order valence-electron chi connectivity index (χ1n) is 7.44. The smallest absolute Gasteiger partial charge is 0.219 e. The third-order valence-electron chi connectivity index (χ3n) is 3.41. The van der Waals surface area contributed by atoms with Gasteiger partial charge >= 0.3 is 0 Å². The molecular formula is C18H20N2O. The van der Waals surface area contributed by atoms with Crippen molar-refractivity contribution in [2.75, 3.05) is 0 Å². The van der Waals surface area contributed by atoms with Crippen molar-refractivity contribution in [1.29, 1.82) is 0 Å². The lowest BCUT2D eigenvalue weighted by atomic mass is 10.2. The van der Waals surface area contributed by atoms with Gasteiger partial charge in [-0.05, 0) is 31.9 Å². The molecule has 21 heavy (non-hydrogen) atoms. The molecule has 0 radical (unpaired) electrons. The molecule has 1 aliphatic carbocycles. The third-order valence-corrected chi connectivity index (χ3v) is 3.41. The van der Waals surface area contributed by atoms with E-state index >= 15 is 0 Å². The SMILES string of the molecule is CC=Cc1ccccc1Oc1cccc(CNC2CC2)n1. The quantitative estimate of drug-likeness (QED) is 0.862. The van der Waals surface area contributed by atoms with Crippen LogP contribution < -0.4 is 10.1 Å². The third kappa shape index (κ3) is 3.92. The number of nitrogens with zero attached hydrogens (tertiary/aromatic N) is 1. The van der Waals surface area contributed by atoms with E-state index in [1.165, 1.54) is 12.8 Å². The molecule has 0 atom stereocenters. The lowest BCUT2D eigenvalue weighted by Crippen LogP contribution is -2.16. The molecule has 0 unspecified atom stereocenters. The highest BCUT2D eigenvalue weighted by molar-refractivity contribution is 5.57. The molecule has 108 valence electrons. The Labute approximate surface area is 125 Å². The van der Waals surface area contributed by atoms with Gasteiger partial charge in [0.15, 0.2) is 0 Å². The van der Waals surface area contributed by atoms with Crippen LogP contribution in [-0.4, -0.2) is 11.0 Å². The molecule has 0 aliphatic heterocycles. The number of hydrogen-bond donors (Lipinski definition) is 1. The second-order valence-corrected chi connectivity index (χ2v) is 5.26. The van der Waals surface area contributed by atoms with Gasteiger partial charge in [0, 0.05) is 24.2 Å². The van der Waals surface area contributed by atoms with Gasteiger partial charge < -0.3 is 10.1 Å². The average Bonchev–Trinajstić information content (AvgIpc) is 3.32. The van der Waals surface area contributed by atoms with Crippen LogP contribution in [0.1, 0.15) is 31.0 Å². The first-order valence-corrected chi connectivity index (χ1v) is 7.44. The zero-order valence-corrected chi connectivity index (χ0v) is 12.3. The number of allylic oxidation sites excluding steroid dienone is 1. The number of pyridine rings is 1. The fraction of sp³-hybridized carbons (Fsp3) is 0.278. The zero-order valence-electron chi connectivity index (χ0n) is 12.3. The summed E-state index contributed by atoms with van der Waals surface area (Å²) in [4.78, 5) is 4.56. The summed E-state index contributed by atoms with van der Waals surface area (Å²) in [5.74, 6) is 1.47. The van der Waals surface area contributed by atoms with Crippen molar-refractivity contribution in [2.24, 2.45) is 0 Å². The Morgan fingerprint density at radius 2 is 2.05 bits per heavy atom. The van der Waals surface area contributed by atoms with E-state index in [9.17, 15) is 0 Å². The molecule has 3 heteroatoms. The van der Waals surface area contributed by atoms with Crippen molar-refractivity contribution < 1.29 is 4.74 Å². The van der Waals surface area contributed by atoms with Crippen LogP contribution in [0.4, 0.5) is 0 Å². The number of aromatic nitrogens is 1. The van der Waals surface area contributed by atoms with E-state index in [4.69, 9.17) is 4.74 Å². The molecule has 1 fully saturated rings. The van der Waals surface area contributed by atoms with Crippen molar-refractivity contribution in [3.05, 3.63) is 59.8 Å². The number of benzene rings is 1. The summed E-state index contributed by atoms with van der Waals surface area (Å²) in [5.41, 5.74) is 2.08. The van der Waals surface area contributed by atoms with Gasteiger partial charge in [0.25, 0.3) is 0 Å². The van der Waals surface area contributed by atoms with E-state index in [1.807, 2.05) is 61.5 Å². The first-order chi connectivity index (χ1) is 10.3. The van der Waals surface area contributed by atoms with Gasteiger partial charge in [0.1, 0.15) is 5.75 Å². The van der Waals surface area contributed by atoms with Gasteiger partial charge in [-0.1, -0.05) is 36.4 Å². The summed E-state index contributed by atoms with van der Waals surface area (Å²) >= 11 is 0. The summed E-state index contributed by atoms with van der Waals surface area (Å²) in [6.45, 7) is 2.80. The standard InChI is InChI=1S/C18H20N2O/c1-2-6-14-7-3-4-9-17(14)21-18-10-5-8-16(20-18)13-19-15-11-12-15/h2-10,15,19H,11-13H2,1H3. The van der Waals surface area contributed by atoms with E-state index < -0.39 is 0 Å². The second-order valence-electron chi connectivity index (χ2n) is 5.26. The highest BCUT2D eigenvalue weighted by Crippen LogP contribution is 2.25. The van der Waals surface area contributed by atoms with Gasteiger partial charge in [-0.15, -0.1) is 0 Å². The Balaban J connectivity index is 1.73. The molecular weight excluding hydrogens is 260 g/mol. The maximum absolute atomic E-state index is 5.94. The van der Waals surface area contributed by atoms with Crippen LogP contribution in [0, 0.1) is 0 Å². The molecule has 0 spiro atoms. The molecule has 1 saturated carbocycles. The van der Waals surface area contributed by atoms with Crippen molar-refractivity contribution in [3.8, 4) is 11.6 Å². The van der Waals surface area contributed by atoms with Crippen LogP contribution in [-0.2, 0) is 6.54 Å². The van der Waals surface area contributed by atoms with E-state index in [1.54, 1.807) is 0 Å². The van der Waals surface area contributed by atoms with Gasteiger partial charge in [0.05, 0.1) is 5.69 Å². The molecule has 1 aliphatic rings. The Bertz CT molecular complexity index is 633. The highest BCUT2D eigenvalue weighted by Gasteiger charge is 2.20. The summed E-state index contributed by atoms with van der Waals surface area (Å²) in [5, 5.41) is 3.47. The highest BCUT2D eigenvalue weighted by atomic mass is 16.5. The molecule has 0 saturated heterocycles. The van der Waals surface area contributed by atoms with Crippen molar-refractivity contribution >= 4 is 6.08 Å². The van der Waals surface area contributed by atoms with E-state index in [0.29, 0.717) is 11.9 Å². The second kappa shape index (κ2) is 6.55. The number of para-hydroxylation sites is 1. The molecule has 3 nitrogen and oxygen atoms in total. The fourth-order valence-electron chi connectivity index (χ4n) is 2.15. The predicted molar refractivity (Wildman–Crippen MR) is 85.3 cm³/mol. The van der Waals surface area contributed by atoms with E-state index in [-0.39, 0.29) is 0 Å². The summed E-state index contributed by atoms with van der Waals surface area (Å²) in [6.07, 6.45) is 6.61. The minimum Gasteiger partial charge on any atom is -0.438 e. The molecule has 1 N–H and O–H groups in total. The number of hydrogen-bond acceptors (Lipinski definition) is 3. The molecule has 3 rings (SSSR count). The van der Waals surface area contributed by atoms with Crippen LogP contribution in [0.3, 0.4) is 0 Å². The van der Waals surface area contributed by atoms with Crippen molar-refractivity contribution in [2.45, 2.75) is 32.4 Å². The minimum atomic E-state index is 0.641. The number of ether oxygens (including phenoxy) is 1. The van der Waals surface area contributed by atoms with Gasteiger partial charge in [-0.25, -0.2) is 4.98 Å². The average molecular weight is 280 g/mol. The Morgan fingerprint density at radius 1 is 1.19 bits per heavy atom. The largest absolute Gasteiger partial charge is 0.438 e. The van der Waals surface area contributed by atoms with E-state index in [2.05, 4.69) is 10.3 Å². The fourth-order valence-corrected chi connectivity index (χ4v) is 2.15. The maximum atomic E-state index is 5.94. The lowest BCUT2D eigenvalue weighted by Gasteiger charge is -2.09. The van der Waals surface area contributed by atoms with Crippen LogP contribution >= 0.6 is 0 Å². The molecule has 2 aromatic rings. The molecule has 1 aromatic heterocycles. The Hall–Kier alpha value is -2.13. The number of rotatable bonds is 6. The van der Waals surface area contributed by atoms with Crippen LogP contribution in [0.25, 0.3) is 6.08 Å². The molecule has 1 heterocycles. The minimum absolute atomic E-state index is 0.641. The van der Waals surface area contributed by atoms with Gasteiger partial charge in [-0.2, -0.15) is 0 Å². The van der Waals surface area contributed by atoms with Crippen molar-refractivity contribution in [1.82, 2.24) is 10.3 Å². The Kier molecular flexibility index (Phi) is 4.31. The summed E-state index contributed by atoms with van der Waals surface area (Å²) in [6, 6.07) is 14.6. The molecule has 1 aromatic carbocycles. The van der Waals surface area contributed by atoms with E-state index in [0.717, 1.165) is 23.6 Å². The molecule has 0 amide bonds. The monoisotopic (exact) mass is 280 g/mol. The van der Waals surface area contributed by atoms with Gasteiger partial charge in [-0.3, -0.25) is 0 Å². The topological polar surface area (TPSA) is 34.1 Å². The maximum Gasteiger partial charge on any atom is 0.219 e. The van der Waals surface area contributed by atoms with Gasteiger partial charge in [0.2, 0.25) is 5.88 Å². The van der Waals surface area contributed by atoms with Crippen LogP contribution in [0.2, 0.25) is 0 Å². The number of nitrogens with one attached hydrogen (secondary N) is 1. The van der Waals surface area contributed by atoms with Crippen molar-refractivity contribution in [3.63, 3.8) is 0 Å². The first kappa shape index (κ1) is 13.8. The zero-order chi connectivity index (χ0) is 14.5. The lowest BCUT2D eigenvalue weighted by molar-refractivity contribution is 0.458. The normalized spacial score (nSPS) is 14.5. The van der Waals surface area contributed by atoms with Crippen LogP contribution in [0.15, 0.2) is 48.5 Å². The predicted octanol–water partition coefficient (Wildman–Crippen LogP) is 4.16. The molecule has 0 bridgehead atoms. The summed E-state index contributed by atoms with van der Waals surface area (Å²) in [7, 11) is 0. The summed E-state index contributed by atoms with van der Waals surface area (Å²) < 4.78 is 5.94.